The van der Waals surface area contributed by atoms with Crippen LogP contribution in [0.2, 0.25) is 0 Å². The van der Waals surface area contributed by atoms with Crippen LogP contribution in [0.15, 0.2) is 97.2 Å². The molecule has 0 N–H and O–H groups in total. The van der Waals surface area contributed by atoms with Crippen LogP contribution in [0.1, 0.15) is 21.6 Å². The fourth-order valence-electron chi connectivity index (χ4n) is 3.66. The number of carbonyl (C=O) groups excluding carboxylic acids is 1. The number of pyridine rings is 1. The smallest absolute Gasteiger partial charge is 0.260 e. The van der Waals surface area contributed by atoms with Gasteiger partial charge in [-0.2, -0.15) is 0 Å². The molecular weight excluding hydrogens is 414 g/mol. The van der Waals surface area contributed by atoms with Gasteiger partial charge in [0.15, 0.2) is 5.13 Å². The number of hydrogen-bond acceptors (Lipinski definition) is 4. The van der Waals surface area contributed by atoms with Gasteiger partial charge in [0.1, 0.15) is 0 Å². The van der Waals surface area contributed by atoms with E-state index in [1.54, 1.807) is 11.1 Å². The highest BCUT2D eigenvalue weighted by Crippen LogP contribution is 2.32. The van der Waals surface area contributed by atoms with E-state index >= 15 is 0 Å². The maximum Gasteiger partial charge on any atom is 0.260 e. The van der Waals surface area contributed by atoms with Crippen LogP contribution in [0, 0.1) is 6.92 Å². The average Bonchev–Trinajstić information content (AvgIpc) is 3.29. The summed E-state index contributed by atoms with van der Waals surface area (Å²) in [7, 11) is 0. The summed E-state index contributed by atoms with van der Waals surface area (Å²) in [6.45, 7) is 2.40. The predicted molar refractivity (Wildman–Crippen MR) is 131 cm³/mol. The Balaban J connectivity index is 1.52. The minimum absolute atomic E-state index is 0.0908. The molecule has 0 saturated carbocycles. The van der Waals surface area contributed by atoms with Crippen molar-refractivity contribution < 1.29 is 4.79 Å². The Hall–Kier alpha value is -3.83. The summed E-state index contributed by atoms with van der Waals surface area (Å²) in [6, 6.07) is 29.7. The number of para-hydroxylation sites is 1. The molecule has 156 valence electrons. The highest BCUT2D eigenvalue weighted by Gasteiger charge is 2.22. The first-order chi connectivity index (χ1) is 15.7. The van der Waals surface area contributed by atoms with Crippen LogP contribution >= 0.6 is 11.3 Å². The number of aryl methyl sites for hydroxylation is 1. The predicted octanol–water partition coefficient (Wildman–Crippen LogP) is 6.51. The molecule has 0 aliphatic carbocycles. The summed E-state index contributed by atoms with van der Waals surface area (Å²) in [6.07, 6.45) is 1.75. The zero-order valence-electron chi connectivity index (χ0n) is 17.6. The SMILES string of the molecule is Cc1cccc2sc(N(Cc3ccccn3)C(=O)c3ccc(-c4ccccc4)cc3)nc12. The van der Waals surface area contributed by atoms with Crippen molar-refractivity contribution in [2.24, 2.45) is 0 Å². The minimum atomic E-state index is -0.0908. The number of anilines is 1. The van der Waals surface area contributed by atoms with Gasteiger partial charge in [-0.15, -0.1) is 0 Å². The first-order valence-corrected chi connectivity index (χ1v) is 11.2. The number of thiazole rings is 1. The van der Waals surface area contributed by atoms with E-state index in [4.69, 9.17) is 4.98 Å². The first-order valence-electron chi connectivity index (χ1n) is 10.4. The molecule has 3 aromatic carbocycles. The van der Waals surface area contributed by atoms with Crippen molar-refractivity contribution >= 4 is 32.6 Å². The van der Waals surface area contributed by atoms with E-state index in [-0.39, 0.29) is 5.91 Å². The lowest BCUT2D eigenvalue weighted by Crippen LogP contribution is -2.30. The van der Waals surface area contributed by atoms with Gasteiger partial charge in [-0.25, -0.2) is 4.98 Å². The minimum Gasteiger partial charge on any atom is -0.278 e. The van der Waals surface area contributed by atoms with Crippen molar-refractivity contribution in [1.82, 2.24) is 9.97 Å². The molecule has 0 aliphatic rings. The second-order valence-corrected chi connectivity index (χ2v) is 8.58. The fourth-order valence-corrected chi connectivity index (χ4v) is 4.70. The van der Waals surface area contributed by atoms with Crippen LogP contribution in [0.4, 0.5) is 5.13 Å². The standard InChI is InChI=1S/C27H21N3OS/c1-19-8-7-12-24-25(19)29-27(32-24)30(18-23-11-5-6-17-28-23)26(31)22-15-13-21(14-16-22)20-9-3-2-4-10-20/h2-17H,18H2,1H3. The van der Waals surface area contributed by atoms with Crippen LogP contribution < -0.4 is 4.90 Å². The van der Waals surface area contributed by atoms with Gasteiger partial charge in [0.2, 0.25) is 0 Å². The molecule has 5 heteroatoms. The number of nitrogens with zero attached hydrogens (tertiary/aromatic N) is 3. The number of amides is 1. The van der Waals surface area contributed by atoms with Crippen molar-refractivity contribution in [1.29, 1.82) is 0 Å². The van der Waals surface area contributed by atoms with E-state index in [9.17, 15) is 4.79 Å². The van der Waals surface area contributed by atoms with E-state index in [1.807, 2.05) is 85.8 Å². The first kappa shape index (κ1) is 20.1. The molecule has 2 aromatic heterocycles. The molecule has 32 heavy (non-hydrogen) atoms. The van der Waals surface area contributed by atoms with Crippen LogP contribution in [0.25, 0.3) is 21.3 Å². The highest BCUT2D eigenvalue weighted by molar-refractivity contribution is 7.22. The molecule has 0 radical (unpaired) electrons. The third-order valence-electron chi connectivity index (χ3n) is 5.37. The molecule has 0 aliphatic heterocycles. The number of fused-ring (bicyclic) bond motifs is 1. The second-order valence-electron chi connectivity index (χ2n) is 7.57. The van der Waals surface area contributed by atoms with Crippen LogP contribution in [0.5, 0.6) is 0 Å². The van der Waals surface area contributed by atoms with Gasteiger partial charge in [-0.05, 0) is 53.9 Å². The summed E-state index contributed by atoms with van der Waals surface area (Å²) in [5.41, 5.74) is 5.68. The third-order valence-corrected chi connectivity index (χ3v) is 6.41. The Bertz CT molecular complexity index is 1360. The van der Waals surface area contributed by atoms with Crippen LogP contribution in [-0.4, -0.2) is 15.9 Å². The number of benzene rings is 3. The maximum absolute atomic E-state index is 13.6. The normalized spacial score (nSPS) is 10.9. The Morgan fingerprint density at radius 1 is 0.844 bits per heavy atom. The topological polar surface area (TPSA) is 46.1 Å². The molecule has 4 nitrogen and oxygen atoms in total. The lowest BCUT2D eigenvalue weighted by atomic mass is 10.0. The molecule has 0 fully saturated rings. The zero-order valence-corrected chi connectivity index (χ0v) is 18.4. The summed E-state index contributed by atoms with van der Waals surface area (Å²) in [5.74, 6) is -0.0908. The summed E-state index contributed by atoms with van der Waals surface area (Å²) in [4.78, 5) is 24.6. The van der Waals surface area contributed by atoms with Crippen molar-refractivity contribution in [2.75, 3.05) is 4.90 Å². The van der Waals surface area contributed by atoms with Gasteiger partial charge < -0.3 is 0 Å². The number of carbonyl (C=O) groups is 1. The van der Waals surface area contributed by atoms with E-state index in [0.717, 1.165) is 32.6 Å². The monoisotopic (exact) mass is 435 g/mol. The van der Waals surface area contributed by atoms with Gasteiger partial charge in [0.05, 0.1) is 22.5 Å². The molecular formula is C27H21N3OS. The molecule has 5 rings (SSSR count). The van der Waals surface area contributed by atoms with Gasteiger partial charge in [0, 0.05) is 11.8 Å². The van der Waals surface area contributed by atoms with Crippen LogP contribution in [-0.2, 0) is 6.54 Å². The Labute approximate surface area is 190 Å². The summed E-state index contributed by atoms with van der Waals surface area (Å²) >= 11 is 1.53. The van der Waals surface area contributed by atoms with E-state index in [2.05, 4.69) is 17.1 Å². The highest BCUT2D eigenvalue weighted by atomic mass is 32.1. The van der Waals surface area contributed by atoms with Gasteiger partial charge in [-0.3, -0.25) is 14.7 Å². The zero-order chi connectivity index (χ0) is 21.9. The number of rotatable bonds is 5. The largest absolute Gasteiger partial charge is 0.278 e. The molecule has 0 unspecified atom stereocenters. The Morgan fingerprint density at radius 3 is 2.31 bits per heavy atom. The van der Waals surface area contributed by atoms with E-state index < -0.39 is 0 Å². The number of aromatic nitrogens is 2. The molecule has 0 saturated heterocycles. The molecule has 0 bridgehead atoms. The lowest BCUT2D eigenvalue weighted by Gasteiger charge is -2.20. The van der Waals surface area contributed by atoms with Crippen molar-refractivity contribution in [3.05, 3.63) is 114 Å². The molecule has 5 aromatic rings. The Kier molecular flexibility index (Phi) is 5.48. The molecule has 0 atom stereocenters. The van der Waals surface area contributed by atoms with Gasteiger partial charge in [-0.1, -0.05) is 72.0 Å². The van der Waals surface area contributed by atoms with Crippen molar-refractivity contribution in [3.8, 4) is 11.1 Å². The fraction of sp³-hybridized carbons (Fsp3) is 0.0741. The quantitative estimate of drug-likeness (QED) is 0.316. The average molecular weight is 436 g/mol. The number of hydrogen-bond donors (Lipinski definition) is 0. The summed E-state index contributed by atoms with van der Waals surface area (Å²) in [5, 5.41) is 0.678. The lowest BCUT2D eigenvalue weighted by molar-refractivity contribution is 0.0985. The van der Waals surface area contributed by atoms with E-state index in [0.29, 0.717) is 17.2 Å². The Morgan fingerprint density at radius 2 is 1.59 bits per heavy atom. The van der Waals surface area contributed by atoms with Gasteiger partial charge in [0.25, 0.3) is 5.91 Å². The summed E-state index contributed by atoms with van der Waals surface area (Å²) < 4.78 is 1.07. The second kappa shape index (κ2) is 8.73. The maximum atomic E-state index is 13.6. The van der Waals surface area contributed by atoms with Crippen LogP contribution in [0.3, 0.4) is 0 Å². The third kappa shape index (κ3) is 4.03. The van der Waals surface area contributed by atoms with Crippen molar-refractivity contribution in [3.63, 3.8) is 0 Å². The molecule has 0 spiro atoms. The van der Waals surface area contributed by atoms with Gasteiger partial charge >= 0.3 is 0 Å². The molecule has 2 heterocycles. The molecule has 1 amide bonds. The van der Waals surface area contributed by atoms with Crippen molar-refractivity contribution in [2.45, 2.75) is 13.5 Å². The van der Waals surface area contributed by atoms with E-state index in [1.165, 1.54) is 11.3 Å².